The largest absolute Gasteiger partial charge is 0.303 e. The molecule has 2 heterocycles. The van der Waals surface area contributed by atoms with Crippen molar-refractivity contribution in [3.63, 3.8) is 0 Å². The number of hydrogen-bond donors (Lipinski definition) is 0. The molecule has 4 nitrogen and oxygen atoms in total. The molecule has 0 amide bonds. The Morgan fingerprint density at radius 3 is 2.38 bits per heavy atom. The zero-order valence-electron chi connectivity index (χ0n) is 14.8. The number of benzene rings is 1. The molecule has 5 heteroatoms. The smallest absolute Gasteiger partial charge is 0.243 e. The molecule has 24 heavy (non-hydrogen) atoms. The van der Waals surface area contributed by atoms with E-state index in [2.05, 4.69) is 11.8 Å². The first-order valence-corrected chi connectivity index (χ1v) is 10.8. The number of likely N-dealkylation sites (tertiary alicyclic amines) is 1. The highest BCUT2D eigenvalue weighted by molar-refractivity contribution is 7.89. The minimum atomic E-state index is -3.37. The van der Waals surface area contributed by atoms with Gasteiger partial charge in [-0.25, -0.2) is 8.42 Å². The Morgan fingerprint density at radius 1 is 1.00 bits per heavy atom. The van der Waals surface area contributed by atoms with Gasteiger partial charge in [0, 0.05) is 12.1 Å². The highest BCUT2D eigenvalue weighted by Crippen LogP contribution is 2.41. The predicted octanol–water partition coefficient (Wildman–Crippen LogP) is 3.50. The molecular formula is C19H30N2O2S. The van der Waals surface area contributed by atoms with Gasteiger partial charge in [-0.3, -0.25) is 0 Å². The maximum absolute atomic E-state index is 13.1. The third kappa shape index (κ3) is 3.53. The van der Waals surface area contributed by atoms with E-state index in [0.29, 0.717) is 11.4 Å². The molecule has 0 bridgehead atoms. The average molecular weight is 351 g/mol. The van der Waals surface area contributed by atoms with Gasteiger partial charge in [0.1, 0.15) is 0 Å². The third-order valence-corrected chi connectivity index (χ3v) is 7.75. The van der Waals surface area contributed by atoms with Crippen molar-refractivity contribution in [2.24, 2.45) is 0 Å². The highest BCUT2D eigenvalue weighted by atomic mass is 32.2. The molecule has 2 aliphatic heterocycles. The standard InChI is InChI=1S/C19H30N2O2S/c1-2-3-7-14-20-16-12-19(13-17-20)11-8-15-21(19)24(22,23)18-9-5-4-6-10-18/h4-6,9-10H,2-3,7-8,11-17H2,1H3. The fraction of sp³-hybridized carbons (Fsp3) is 0.684. The van der Waals surface area contributed by atoms with Crippen molar-refractivity contribution in [3.05, 3.63) is 30.3 Å². The minimum Gasteiger partial charge on any atom is -0.303 e. The van der Waals surface area contributed by atoms with Crippen LogP contribution in [-0.4, -0.2) is 49.3 Å². The lowest BCUT2D eigenvalue weighted by Gasteiger charge is -2.44. The van der Waals surface area contributed by atoms with Gasteiger partial charge in [0.15, 0.2) is 0 Å². The van der Waals surface area contributed by atoms with Crippen LogP contribution >= 0.6 is 0 Å². The van der Waals surface area contributed by atoms with Gasteiger partial charge in [0.2, 0.25) is 10.0 Å². The molecule has 0 N–H and O–H groups in total. The van der Waals surface area contributed by atoms with Crippen LogP contribution in [0.25, 0.3) is 0 Å². The van der Waals surface area contributed by atoms with Gasteiger partial charge in [-0.15, -0.1) is 0 Å². The third-order valence-electron chi connectivity index (χ3n) is 5.73. The second kappa shape index (κ2) is 7.54. The number of unbranched alkanes of at least 4 members (excludes halogenated alkanes) is 2. The lowest BCUT2D eigenvalue weighted by molar-refractivity contribution is 0.101. The molecular weight excluding hydrogens is 320 g/mol. The number of hydrogen-bond acceptors (Lipinski definition) is 3. The summed E-state index contributed by atoms with van der Waals surface area (Å²) in [4.78, 5) is 2.96. The van der Waals surface area contributed by atoms with Crippen LogP contribution in [0.1, 0.15) is 51.9 Å². The number of rotatable bonds is 6. The van der Waals surface area contributed by atoms with Gasteiger partial charge in [-0.1, -0.05) is 38.0 Å². The second-order valence-electron chi connectivity index (χ2n) is 7.27. The summed E-state index contributed by atoms with van der Waals surface area (Å²) in [5, 5.41) is 0. The second-order valence-corrected chi connectivity index (χ2v) is 9.13. The van der Waals surface area contributed by atoms with E-state index in [9.17, 15) is 8.42 Å². The average Bonchev–Trinajstić information content (AvgIpc) is 3.02. The van der Waals surface area contributed by atoms with Crippen LogP contribution < -0.4 is 0 Å². The molecule has 2 fully saturated rings. The SMILES string of the molecule is CCCCCN1CCC2(CCCN2S(=O)(=O)c2ccccc2)CC1. The number of nitrogens with zero attached hydrogens (tertiary/aromatic N) is 2. The molecule has 134 valence electrons. The van der Waals surface area contributed by atoms with Crippen LogP contribution in [0.2, 0.25) is 0 Å². The summed E-state index contributed by atoms with van der Waals surface area (Å²) in [5.41, 5.74) is -0.143. The van der Waals surface area contributed by atoms with Crippen LogP contribution in [0.4, 0.5) is 0 Å². The Labute approximate surface area is 146 Å². The summed E-state index contributed by atoms with van der Waals surface area (Å²) >= 11 is 0. The molecule has 2 aliphatic rings. The molecule has 0 aliphatic carbocycles. The predicted molar refractivity (Wildman–Crippen MR) is 97.5 cm³/mol. The molecule has 0 unspecified atom stereocenters. The molecule has 3 rings (SSSR count). The quantitative estimate of drug-likeness (QED) is 0.737. The first-order chi connectivity index (χ1) is 11.6. The topological polar surface area (TPSA) is 40.6 Å². The summed E-state index contributed by atoms with van der Waals surface area (Å²) in [6, 6.07) is 8.94. The minimum absolute atomic E-state index is 0.143. The Balaban J connectivity index is 1.70. The number of sulfonamides is 1. The van der Waals surface area contributed by atoms with Crippen LogP contribution in [0.3, 0.4) is 0 Å². The molecule has 1 aromatic carbocycles. The summed E-state index contributed by atoms with van der Waals surface area (Å²) in [7, 11) is -3.37. The van der Waals surface area contributed by atoms with E-state index in [-0.39, 0.29) is 5.54 Å². The van der Waals surface area contributed by atoms with Gasteiger partial charge < -0.3 is 4.90 Å². The zero-order valence-corrected chi connectivity index (χ0v) is 15.6. The van der Waals surface area contributed by atoms with Crippen molar-refractivity contribution in [3.8, 4) is 0 Å². The fourth-order valence-corrected chi connectivity index (χ4v) is 6.19. The van der Waals surface area contributed by atoms with Crippen molar-refractivity contribution in [2.75, 3.05) is 26.2 Å². The van der Waals surface area contributed by atoms with Gasteiger partial charge in [0.25, 0.3) is 0 Å². The van der Waals surface area contributed by atoms with Crippen molar-refractivity contribution in [1.82, 2.24) is 9.21 Å². The molecule has 2 saturated heterocycles. The van der Waals surface area contributed by atoms with Gasteiger partial charge in [0.05, 0.1) is 4.90 Å². The molecule has 0 aromatic heterocycles. The molecule has 1 spiro atoms. The van der Waals surface area contributed by atoms with Crippen molar-refractivity contribution >= 4 is 10.0 Å². The van der Waals surface area contributed by atoms with E-state index in [1.165, 1.54) is 19.3 Å². The molecule has 0 radical (unpaired) electrons. The molecule has 1 aromatic rings. The van der Waals surface area contributed by atoms with Crippen molar-refractivity contribution < 1.29 is 8.42 Å². The van der Waals surface area contributed by atoms with E-state index >= 15 is 0 Å². The van der Waals surface area contributed by atoms with Crippen LogP contribution in [-0.2, 0) is 10.0 Å². The Kier molecular flexibility index (Phi) is 5.63. The van der Waals surface area contributed by atoms with Crippen LogP contribution in [0.15, 0.2) is 35.2 Å². The molecule has 0 atom stereocenters. The summed E-state index contributed by atoms with van der Waals surface area (Å²) in [6.07, 6.45) is 7.76. The normalized spacial score (nSPS) is 22.2. The van der Waals surface area contributed by atoms with Crippen LogP contribution in [0.5, 0.6) is 0 Å². The lowest BCUT2D eigenvalue weighted by Crippen LogP contribution is -2.54. The lowest BCUT2D eigenvalue weighted by atomic mass is 9.86. The van der Waals surface area contributed by atoms with E-state index < -0.39 is 10.0 Å². The van der Waals surface area contributed by atoms with Crippen molar-refractivity contribution in [1.29, 1.82) is 0 Å². The summed E-state index contributed by atoms with van der Waals surface area (Å²) in [5.74, 6) is 0. The molecule has 0 saturated carbocycles. The van der Waals surface area contributed by atoms with Gasteiger partial charge >= 0.3 is 0 Å². The fourth-order valence-electron chi connectivity index (χ4n) is 4.29. The number of piperidine rings is 1. The first kappa shape index (κ1) is 17.9. The maximum Gasteiger partial charge on any atom is 0.243 e. The zero-order chi connectivity index (χ0) is 17.0. The summed E-state index contributed by atoms with van der Waals surface area (Å²) < 4.78 is 28.1. The van der Waals surface area contributed by atoms with E-state index in [0.717, 1.165) is 45.3 Å². The van der Waals surface area contributed by atoms with Gasteiger partial charge in [-0.05, 0) is 63.9 Å². The van der Waals surface area contributed by atoms with E-state index in [1.807, 2.05) is 22.5 Å². The van der Waals surface area contributed by atoms with E-state index in [4.69, 9.17) is 0 Å². The summed E-state index contributed by atoms with van der Waals surface area (Å²) in [6.45, 7) is 6.13. The Hall–Kier alpha value is -0.910. The monoisotopic (exact) mass is 350 g/mol. The highest BCUT2D eigenvalue weighted by Gasteiger charge is 2.48. The Bertz CT molecular complexity index is 622. The van der Waals surface area contributed by atoms with Gasteiger partial charge in [-0.2, -0.15) is 4.31 Å². The van der Waals surface area contributed by atoms with E-state index in [1.54, 1.807) is 12.1 Å². The first-order valence-electron chi connectivity index (χ1n) is 9.39. The Morgan fingerprint density at radius 2 is 1.71 bits per heavy atom. The maximum atomic E-state index is 13.1. The van der Waals surface area contributed by atoms with Crippen molar-refractivity contribution in [2.45, 2.75) is 62.3 Å². The van der Waals surface area contributed by atoms with Crippen LogP contribution in [0, 0.1) is 0 Å².